The number of rotatable bonds is 6. The summed E-state index contributed by atoms with van der Waals surface area (Å²) in [5, 5.41) is 18.3. The van der Waals surface area contributed by atoms with E-state index in [1.54, 1.807) is 6.07 Å². The van der Waals surface area contributed by atoms with Crippen LogP contribution in [0.25, 0.3) is 5.69 Å². The molecule has 1 atom stereocenters. The molecule has 0 fully saturated rings. The third-order valence-corrected chi connectivity index (χ3v) is 4.21. The van der Waals surface area contributed by atoms with E-state index in [-0.39, 0.29) is 34.8 Å². The Morgan fingerprint density at radius 1 is 1.19 bits per heavy atom. The van der Waals surface area contributed by atoms with Crippen LogP contribution >= 0.6 is 0 Å². The van der Waals surface area contributed by atoms with Crippen LogP contribution in [-0.4, -0.2) is 25.6 Å². The molecule has 8 nitrogen and oxygen atoms in total. The van der Waals surface area contributed by atoms with Crippen LogP contribution < -0.4 is 5.32 Å². The van der Waals surface area contributed by atoms with Crippen LogP contribution in [-0.2, 0) is 0 Å². The van der Waals surface area contributed by atoms with Crippen molar-refractivity contribution >= 4 is 11.6 Å². The molecular weight excluding hydrogens is 346 g/mol. The van der Waals surface area contributed by atoms with Crippen LogP contribution in [0.5, 0.6) is 0 Å². The number of hydrogen-bond donors (Lipinski definition) is 1. The van der Waals surface area contributed by atoms with E-state index < -0.39 is 4.92 Å². The van der Waals surface area contributed by atoms with Crippen LogP contribution in [0.1, 0.15) is 35.8 Å². The van der Waals surface area contributed by atoms with Crippen LogP contribution in [0, 0.1) is 16.0 Å². The number of amides is 1. The maximum Gasteiger partial charge on any atom is 0.295 e. The van der Waals surface area contributed by atoms with Gasteiger partial charge in [0.05, 0.1) is 11.0 Å². The molecule has 1 unspecified atom stereocenters. The van der Waals surface area contributed by atoms with Crippen LogP contribution in [0.15, 0.2) is 61.2 Å². The van der Waals surface area contributed by atoms with Crippen molar-refractivity contribution < 1.29 is 9.72 Å². The highest BCUT2D eigenvalue weighted by molar-refractivity contribution is 5.95. The van der Waals surface area contributed by atoms with Gasteiger partial charge in [-0.15, -0.1) is 0 Å². The number of benzene rings is 2. The zero-order valence-electron chi connectivity index (χ0n) is 14.9. The van der Waals surface area contributed by atoms with Crippen molar-refractivity contribution in [3.05, 3.63) is 82.4 Å². The van der Waals surface area contributed by atoms with Gasteiger partial charge in [-0.25, -0.2) is 9.67 Å². The van der Waals surface area contributed by atoms with E-state index in [9.17, 15) is 14.9 Å². The van der Waals surface area contributed by atoms with Gasteiger partial charge in [0.1, 0.15) is 18.3 Å². The standard InChI is InChI=1S/C19H19N5O3/c1-13(2)18(14-6-4-3-5-7-14)22-19(25)15-8-9-16(17(10-15)24(26)27)23-12-20-11-21-23/h3-13,18H,1-2H3,(H,22,25). The van der Waals surface area contributed by atoms with E-state index in [0.717, 1.165) is 5.56 Å². The van der Waals surface area contributed by atoms with Crippen LogP contribution in [0.4, 0.5) is 5.69 Å². The molecule has 0 aliphatic rings. The first-order chi connectivity index (χ1) is 13.0. The molecule has 27 heavy (non-hydrogen) atoms. The number of nitro benzene ring substituents is 1. The summed E-state index contributed by atoms with van der Waals surface area (Å²) in [5.74, 6) is -0.216. The molecule has 0 aliphatic heterocycles. The predicted molar refractivity (Wildman–Crippen MR) is 99.5 cm³/mol. The van der Waals surface area contributed by atoms with Crippen molar-refractivity contribution in [2.45, 2.75) is 19.9 Å². The van der Waals surface area contributed by atoms with Crippen LogP contribution in [0.2, 0.25) is 0 Å². The summed E-state index contributed by atoms with van der Waals surface area (Å²) in [6.07, 6.45) is 2.66. The summed E-state index contributed by atoms with van der Waals surface area (Å²) in [5.41, 5.74) is 1.23. The number of carbonyl (C=O) groups is 1. The predicted octanol–water partition coefficient (Wildman–Crippen LogP) is 3.30. The van der Waals surface area contributed by atoms with E-state index in [1.165, 1.54) is 29.5 Å². The fourth-order valence-corrected chi connectivity index (χ4v) is 2.86. The molecular formula is C19H19N5O3. The highest BCUT2D eigenvalue weighted by atomic mass is 16.6. The van der Waals surface area contributed by atoms with E-state index >= 15 is 0 Å². The van der Waals surface area contributed by atoms with Gasteiger partial charge in [-0.05, 0) is 23.6 Å². The van der Waals surface area contributed by atoms with Gasteiger partial charge in [-0.3, -0.25) is 14.9 Å². The average molecular weight is 365 g/mol. The molecule has 3 rings (SSSR count). The Labute approximate surface area is 156 Å². The number of carbonyl (C=O) groups excluding carboxylic acids is 1. The van der Waals surface area contributed by atoms with Gasteiger partial charge in [-0.2, -0.15) is 5.10 Å². The second-order valence-corrected chi connectivity index (χ2v) is 6.41. The quantitative estimate of drug-likeness (QED) is 0.533. The number of nitrogens with zero attached hydrogens (tertiary/aromatic N) is 4. The molecule has 0 radical (unpaired) electrons. The monoisotopic (exact) mass is 365 g/mol. The van der Waals surface area contributed by atoms with Gasteiger partial charge in [0.25, 0.3) is 11.6 Å². The number of hydrogen-bond acceptors (Lipinski definition) is 5. The van der Waals surface area contributed by atoms with Gasteiger partial charge in [-0.1, -0.05) is 44.2 Å². The minimum Gasteiger partial charge on any atom is -0.345 e. The summed E-state index contributed by atoms with van der Waals surface area (Å²) in [6, 6.07) is 13.7. The van der Waals surface area contributed by atoms with Gasteiger partial charge in [0.15, 0.2) is 0 Å². The second-order valence-electron chi connectivity index (χ2n) is 6.41. The third kappa shape index (κ3) is 4.00. The fraction of sp³-hybridized carbons (Fsp3) is 0.211. The smallest absolute Gasteiger partial charge is 0.295 e. The lowest BCUT2D eigenvalue weighted by Gasteiger charge is -2.23. The van der Waals surface area contributed by atoms with E-state index in [0.29, 0.717) is 0 Å². The van der Waals surface area contributed by atoms with Gasteiger partial charge >= 0.3 is 0 Å². The van der Waals surface area contributed by atoms with Crippen molar-refractivity contribution in [2.75, 3.05) is 0 Å². The molecule has 0 saturated carbocycles. The molecule has 0 saturated heterocycles. The lowest BCUT2D eigenvalue weighted by Crippen LogP contribution is -2.31. The van der Waals surface area contributed by atoms with E-state index in [1.807, 2.05) is 44.2 Å². The van der Waals surface area contributed by atoms with Gasteiger partial charge in [0, 0.05) is 11.6 Å². The van der Waals surface area contributed by atoms with Crippen molar-refractivity contribution in [2.24, 2.45) is 5.92 Å². The highest BCUT2D eigenvalue weighted by Crippen LogP contribution is 2.25. The zero-order chi connectivity index (χ0) is 19.4. The summed E-state index contributed by atoms with van der Waals surface area (Å²) in [6.45, 7) is 4.02. The van der Waals surface area contributed by atoms with Crippen molar-refractivity contribution in [3.8, 4) is 5.69 Å². The first-order valence-electron chi connectivity index (χ1n) is 8.46. The third-order valence-electron chi connectivity index (χ3n) is 4.21. The molecule has 0 bridgehead atoms. The largest absolute Gasteiger partial charge is 0.345 e. The summed E-state index contributed by atoms with van der Waals surface area (Å²) in [4.78, 5) is 27.5. The summed E-state index contributed by atoms with van der Waals surface area (Å²) in [7, 11) is 0. The SMILES string of the molecule is CC(C)C(NC(=O)c1ccc(-n2cncn2)c([N+](=O)[O-])c1)c1ccccc1. The Balaban J connectivity index is 1.90. The summed E-state index contributed by atoms with van der Waals surface area (Å²) >= 11 is 0. The molecule has 1 amide bonds. The molecule has 1 heterocycles. The molecule has 1 N–H and O–H groups in total. The van der Waals surface area contributed by atoms with Gasteiger partial charge < -0.3 is 5.32 Å². The Morgan fingerprint density at radius 3 is 2.52 bits per heavy atom. The molecule has 138 valence electrons. The topological polar surface area (TPSA) is 103 Å². The van der Waals surface area contributed by atoms with E-state index in [4.69, 9.17) is 0 Å². The maximum atomic E-state index is 12.7. The molecule has 2 aromatic carbocycles. The average Bonchev–Trinajstić information content (AvgIpc) is 3.20. The Kier molecular flexibility index (Phi) is 5.25. The van der Waals surface area contributed by atoms with Crippen molar-refractivity contribution in [3.63, 3.8) is 0 Å². The lowest BCUT2D eigenvalue weighted by molar-refractivity contribution is -0.384. The first kappa shape index (κ1) is 18.2. The number of aromatic nitrogens is 3. The molecule has 0 aliphatic carbocycles. The lowest BCUT2D eigenvalue weighted by atomic mass is 9.95. The first-order valence-corrected chi connectivity index (χ1v) is 8.46. The minimum absolute atomic E-state index is 0.153. The summed E-state index contributed by atoms with van der Waals surface area (Å²) < 4.78 is 1.29. The Bertz CT molecular complexity index is 939. The zero-order valence-corrected chi connectivity index (χ0v) is 14.9. The van der Waals surface area contributed by atoms with Crippen LogP contribution in [0.3, 0.4) is 0 Å². The number of nitro groups is 1. The van der Waals surface area contributed by atoms with Crippen molar-refractivity contribution in [1.82, 2.24) is 20.1 Å². The van der Waals surface area contributed by atoms with Gasteiger partial charge in [0.2, 0.25) is 0 Å². The Morgan fingerprint density at radius 2 is 1.93 bits per heavy atom. The molecule has 8 heteroatoms. The highest BCUT2D eigenvalue weighted by Gasteiger charge is 2.22. The second kappa shape index (κ2) is 7.77. The normalized spacial score (nSPS) is 12.0. The molecule has 1 aromatic heterocycles. The molecule has 3 aromatic rings. The Hall–Kier alpha value is -3.55. The molecule has 0 spiro atoms. The fourth-order valence-electron chi connectivity index (χ4n) is 2.86. The van der Waals surface area contributed by atoms with E-state index in [2.05, 4.69) is 15.4 Å². The minimum atomic E-state index is -0.537. The van der Waals surface area contributed by atoms with Crippen molar-refractivity contribution in [1.29, 1.82) is 0 Å². The maximum absolute atomic E-state index is 12.7. The number of nitrogens with one attached hydrogen (secondary N) is 1.